The molecule has 1 amide bonds. The van der Waals surface area contributed by atoms with Crippen molar-refractivity contribution in [2.24, 2.45) is 0 Å². The number of benzene rings is 5. The second-order valence-electron chi connectivity index (χ2n) is 11.4. The van der Waals surface area contributed by atoms with Gasteiger partial charge in [0, 0.05) is 5.39 Å². The lowest BCUT2D eigenvalue weighted by Crippen LogP contribution is -2.35. The molecule has 7 heteroatoms. The zero-order valence-corrected chi connectivity index (χ0v) is 24.3. The fraction of sp³-hybridized carbons (Fsp3) is 0.105. The van der Waals surface area contributed by atoms with Gasteiger partial charge < -0.3 is 10.4 Å². The Hall–Kier alpha value is -6.00. The van der Waals surface area contributed by atoms with Gasteiger partial charge in [0.1, 0.15) is 0 Å². The summed E-state index contributed by atoms with van der Waals surface area (Å²) in [5.74, 6) is -1.21. The van der Waals surface area contributed by atoms with Crippen molar-refractivity contribution in [2.45, 2.75) is 24.9 Å². The molecule has 7 rings (SSSR count). The predicted molar refractivity (Wildman–Crippen MR) is 173 cm³/mol. The van der Waals surface area contributed by atoms with Crippen LogP contribution in [-0.4, -0.2) is 26.8 Å². The van der Waals surface area contributed by atoms with Crippen molar-refractivity contribution in [2.75, 3.05) is 0 Å². The Labute approximate surface area is 260 Å². The van der Waals surface area contributed by atoms with Crippen LogP contribution >= 0.6 is 0 Å². The molecule has 1 heterocycles. The van der Waals surface area contributed by atoms with Crippen LogP contribution in [0.3, 0.4) is 0 Å². The van der Waals surface area contributed by atoms with Crippen LogP contribution in [0.5, 0.6) is 0 Å². The number of rotatable bonds is 8. The molecule has 0 bridgehead atoms. The van der Waals surface area contributed by atoms with Crippen molar-refractivity contribution in [3.05, 3.63) is 149 Å². The molecular formula is C38H28N4O3. The highest BCUT2D eigenvalue weighted by atomic mass is 16.4. The van der Waals surface area contributed by atoms with Crippen LogP contribution in [0.1, 0.15) is 50.2 Å². The molecule has 0 unspecified atom stereocenters. The van der Waals surface area contributed by atoms with E-state index in [1.807, 2.05) is 47.1 Å². The van der Waals surface area contributed by atoms with Crippen molar-refractivity contribution in [3.8, 4) is 28.3 Å². The van der Waals surface area contributed by atoms with Gasteiger partial charge in [-0.2, -0.15) is 10.4 Å². The van der Waals surface area contributed by atoms with E-state index in [9.17, 15) is 20.0 Å². The fourth-order valence-electron chi connectivity index (χ4n) is 5.86. The monoisotopic (exact) mass is 588 g/mol. The van der Waals surface area contributed by atoms with Gasteiger partial charge >= 0.3 is 5.97 Å². The number of carboxylic acid groups (broad SMARTS) is 1. The maximum atomic E-state index is 14.2. The van der Waals surface area contributed by atoms with Gasteiger partial charge in [0.05, 0.1) is 46.6 Å². The Morgan fingerprint density at radius 2 is 1.47 bits per heavy atom. The predicted octanol–water partition coefficient (Wildman–Crippen LogP) is 7.41. The van der Waals surface area contributed by atoms with E-state index in [4.69, 9.17) is 5.10 Å². The van der Waals surface area contributed by atoms with Gasteiger partial charge in [0.2, 0.25) is 0 Å². The first kappa shape index (κ1) is 27.8. The van der Waals surface area contributed by atoms with Gasteiger partial charge in [-0.3, -0.25) is 9.48 Å². The Bertz CT molecular complexity index is 2090. The van der Waals surface area contributed by atoms with Gasteiger partial charge in [0.15, 0.2) is 0 Å². The third-order valence-electron chi connectivity index (χ3n) is 8.51. The van der Waals surface area contributed by atoms with Crippen LogP contribution in [0, 0.1) is 11.3 Å². The quantitative estimate of drug-likeness (QED) is 0.193. The molecule has 1 saturated carbocycles. The van der Waals surface area contributed by atoms with Crippen molar-refractivity contribution in [1.82, 2.24) is 15.1 Å². The lowest BCUT2D eigenvalue weighted by molar-refractivity contribution is 0.0696. The normalized spacial score (nSPS) is 13.2. The van der Waals surface area contributed by atoms with Crippen LogP contribution in [0.15, 0.2) is 121 Å². The summed E-state index contributed by atoms with van der Waals surface area (Å²) in [6, 6.07) is 38.6. The molecule has 45 heavy (non-hydrogen) atoms. The molecule has 0 saturated heterocycles. The smallest absolute Gasteiger partial charge is 0.335 e. The van der Waals surface area contributed by atoms with Crippen molar-refractivity contribution in [1.29, 1.82) is 5.26 Å². The van der Waals surface area contributed by atoms with Crippen molar-refractivity contribution < 1.29 is 14.7 Å². The Morgan fingerprint density at radius 3 is 2.11 bits per heavy atom. The molecule has 5 aromatic carbocycles. The van der Waals surface area contributed by atoms with E-state index in [2.05, 4.69) is 47.8 Å². The molecule has 6 aromatic rings. The standard InChI is InChI=1S/C38H28N4O3/c39-22-25-6-10-29(11-7-25)31-20-32-23-40-42(24-26-8-12-28(13-9-26)27-4-2-1-3-5-27)35(32)34(21-31)36(43)41-38(18-19-38)33-16-14-30(15-17-33)37(44)45/h1-17,20-21,23H,18-19,24H2,(H,41,43)(H,44,45). The summed E-state index contributed by atoms with van der Waals surface area (Å²) in [6.45, 7) is 0.483. The first-order valence-electron chi connectivity index (χ1n) is 14.7. The number of aromatic nitrogens is 2. The summed E-state index contributed by atoms with van der Waals surface area (Å²) in [5.41, 5.74) is 7.39. The van der Waals surface area contributed by atoms with E-state index in [1.165, 1.54) is 0 Å². The molecule has 0 aliphatic heterocycles. The van der Waals surface area contributed by atoms with Crippen molar-refractivity contribution in [3.63, 3.8) is 0 Å². The topological polar surface area (TPSA) is 108 Å². The molecule has 0 radical (unpaired) electrons. The van der Waals surface area contributed by atoms with Crippen LogP contribution in [0.4, 0.5) is 0 Å². The summed E-state index contributed by atoms with van der Waals surface area (Å²) in [6.07, 6.45) is 3.31. The second-order valence-corrected chi connectivity index (χ2v) is 11.4. The minimum atomic E-state index is -0.986. The maximum absolute atomic E-state index is 14.2. The number of hydrogen-bond donors (Lipinski definition) is 2. The molecule has 1 aliphatic carbocycles. The molecule has 1 fully saturated rings. The number of amides is 1. The van der Waals surface area contributed by atoms with E-state index in [-0.39, 0.29) is 11.5 Å². The summed E-state index contributed by atoms with van der Waals surface area (Å²) < 4.78 is 1.87. The van der Waals surface area contributed by atoms with Gasteiger partial charge in [-0.05, 0) is 82.6 Å². The number of carbonyl (C=O) groups excluding carboxylic acids is 1. The fourth-order valence-corrected chi connectivity index (χ4v) is 5.86. The highest BCUT2D eigenvalue weighted by molar-refractivity contribution is 6.08. The Morgan fingerprint density at radius 1 is 0.822 bits per heavy atom. The van der Waals surface area contributed by atoms with E-state index in [0.717, 1.165) is 57.1 Å². The second kappa shape index (κ2) is 11.3. The first-order valence-corrected chi connectivity index (χ1v) is 14.7. The van der Waals surface area contributed by atoms with Crippen LogP contribution in [0.2, 0.25) is 0 Å². The van der Waals surface area contributed by atoms with Gasteiger partial charge in [-0.15, -0.1) is 0 Å². The van der Waals surface area contributed by atoms with Crippen LogP contribution < -0.4 is 5.32 Å². The molecule has 0 atom stereocenters. The molecule has 1 aliphatic rings. The number of nitriles is 1. The number of fused-ring (bicyclic) bond motifs is 1. The third-order valence-corrected chi connectivity index (χ3v) is 8.51. The molecule has 2 N–H and O–H groups in total. The lowest BCUT2D eigenvalue weighted by Gasteiger charge is -2.19. The lowest BCUT2D eigenvalue weighted by atomic mass is 9.98. The number of nitrogens with one attached hydrogen (secondary N) is 1. The maximum Gasteiger partial charge on any atom is 0.335 e. The van der Waals surface area contributed by atoms with E-state index >= 15 is 0 Å². The molecular weight excluding hydrogens is 560 g/mol. The number of nitrogens with zero attached hydrogens (tertiary/aromatic N) is 3. The molecule has 0 spiro atoms. The number of carboxylic acids is 1. The van der Waals surface area contributed by atoms with Gasteiger partial charge in [-0.25, -0.2) is 4.79 Å². The zero-order valence-electron chi connectivity index (χ0n) is 24.3. The number of carbonyl (C=O) groups is 2. The van der Waals surface area contributed by atoms with Crippen LogP contribution in [-0.2, 0) is 12.1 Å². The van der Waals surface area contributed by atoms with E-state index < -0.39 is 11.5 Å². The van der Waals surface area contributed by atoms with E-state index in [0.29, 0.717) is 17.7 Å². The highest BCUT2D eigenvalue weighted by Crippen LogP contribution is 2.46. The van der Waals surface area contributed by atoms with Gasteiger partial charge in [0.25, 0.3) is 5.91 Å². The molecule has 7 nitrogen and oxygen atoms in total. The SMILES string of the molecule is N#Cc1ccc(-c2cc(C(=O)NC3(c4ccc(C(=O)O)cc4)CC3)c3c(cnn3Cc3ccc(-c4ccccc4)cc3)c2)cc1. The van der Waals surface area contributed by atoms with E-state index in [1.54, 1.807) is 42.6 Å². The van der Waals surface area contributed by atoms with Crippen molar-refractivity contribution >= 4 is 22.8 Å². The minimum absolute atomic E-state index is 0.207. The third kappa shape index (κ3) is 5.46. The minimum Gasteiger partial charge on any atom is -0.478 e. The number of aromatic carboxylic acids is 1. The largest absolute Gasteiger partial charge is 0.478 e. The summed E-state index contributed by atoms with van der Waals surface area (Å²) in [4.78, 5) is 25.5. The summed E-state index contributed by atoms with van der Waals surface area (Å²) in [7, 11) is 0. The Balaban J connectivity index is 1.25. The van der Waals surface area contributed by atoms with Crippen LogP contribution in [0.25, 0.3) is 33.2 Å². The van der Waals surface area contributed by atoms with Gasteiger partial charge in [-0.1, -0.05) is 78.9 Å². The molecule has 1 aromatic heterocycles. The summed E-state index contributed by atoms with van der Waals surface area (Å²) in [5, 5.41) is 27.4. The summed E-state index contributed by atoms with van der Waals surface area (Å²) >= 11 is 0. The average Bonchev–Trinajstić information content (AvgIpc) is 3.76. The zero-order chi connectivity index (χ0) is 31.0. The highest BCUT2D eigenvalue weighted by Gasteiger charge is 2.46. The first-order chi connectivity index (χ1) is 21.9. The average molecular weight is 589 g/mol. The Kier molecular flexibility index (Phi) is 6.95. The molecule has 218 valence electrons. The number of hydrogen-bond acceptors (Lipinski definition) is 4.